The lowest BCUT2D eigenvalue weighted by atomic mass is 9.65. The van der Waals surface area contributed by atoms with E-state index < -0.39 is 0 Å². The van der Waals surface area contributed by atoms with Gasteiger partial charge in [-0.05, 0) is 37.0 Å². The van der Waals surface area contributed by atoms with Gasteiger partial charge in [-0.2, -0.15) is 0 Å². The smallest absolute Gasteiger partial charge is 0.0357 e. The second-order valence-corrected chi connectivity index (χ2v) is 7.72. The van der Waals surface area contributed by atoms with Crippen LogP contribution >= 0.6 is 0 Å². The Hall–Kier alpha value is -0.0800. The molecule has 0 amide bonds. The zero-order valence-electron chi connectivity index (χ0n) is 12.8. The van der Waals surface area contributed by atoms with Gasteiger partial charge in [0.05, 0.1) is 0 Å². The highest BCUT2D eigenvalue weighted by Gasteiger charge is 2.52. The fourth-order valence-corrected chi connectivity index (χ4v) is 5.17. The maximum atomic E-state index is 6.25. The first-order valence-electron chi connectivity index (χ1n) is 8.66. The lowest BCUT2D eigenvalue weighted by molar-refractivity contribution is -0.115. The van der Waals surface area contributed by atoms with Gasteiger partial charge < -0.3 is 5.73 Å². The van der Waals surface area contributed by atoms with Crippen LogP contribution in [0, 0.1) is 11.3 Å². The highest BCUT2D eigenvalue weighted by molar-refractivity contribution is 5.07. The quantitative estimate of drug-likeness (QED) is 0.826. The van der Waals surface area contributed by atoms with Crippen molar-refractivity contribution in [3.63, 3.8) is 0 Å². The summed E-state index contributed by atoms with van der Waals surface area (Å²) >= 11 is 0. The van der Waals surface area contributed by atoms with E-state index in [1.54, 1.807) is 0 Å². The molecule has 2 atom stereocenters. The Balaban J connectivity index is 1.67. The van der Waals surface area contributed by atoms with E-state index in [-0.39, 0.29) is 0 Å². The van der Waals surface area contributed by atoms with Crippen molar-refractivity contribution in [1.82, 2.24) is 4.90 Å². The molecular formula is C17H32N2. The molecule has 1 heterocycles. The van der Waals surface area contributed by atoms with E-state index in [9.17, 15) is 0 Å². The summed E-state index contributed by atoms with van der Waals surface area (Å²) in [4.78, 5) is 2.79. The molecule has 2 unspecified atom stereocenters. The van der Waals surface area contributed by atoms with Crippen LogP contribution in [0.5, 0.6) is 0 Å². The Bertz CT molecular complexity index is 298. The predicted molar refractivity (Wildman–Crippen MR) is 81.1 cm³/mol. The van der Waals surface area contributed by atoms with Gasteiger partial charge in [0, 0.05) is 25.2 Å². The van der Waals surface area contributed by atoms with Crippen LogP contribution in [0.1, 0.15) is 71.1 Å². The van der Waals surface area contributed by atoms with Crippen LogP contribution in [0.15, 0.2) is 0 Å². The van der Waals surface area contributed by atoms with Gasteiger partial charge in [0.25, 0.3) is 0 Å². The summed E-state index contributed by atoms with van der Waals surface area (Å²) in [5, 5.41) is 0. The number of nitrogens with two attached hydrogens (primary N) is 1. The first-order valence-corrected chi connectivity index (χ1v) is 8.66. The second-order valence-electron chi connectivity index (χ2n) is 7.72. The summed E-state index contributed by atoms with van der Waals surface area (Å²) in [5.74, 6) is 0.800. The third kappa shape index (κ3) is 2.35. The van der Waals surface area contributed by atoms with Gasteiger partial charge in [-0.3, -0.25) is 4.90 Å². The van der Waals surface area contributed by atoms with E-state index in [2.05, 4.69) is 11.8 Å². The van der Waals surface area contributed by atoms with Gasteiger partial charge in [0.1, 0.15) is 0 Å². The molecule has 2 saturated carbocycles. The maximum absolute atomic E-state index is 6.25. The molecule has 3 rings (SSSR count). The molecule has 2 aliphatic carbocycles. The molecule has 1 saturated heterocycles. The number of hydrogen-bond acceptors (Lipinski definition) is 2. The Morgan fingerprint density at radius 2 is 1.58 bits per heavy atom. The first kappa shape index (κ1) is 13.9. The van der Waals surface area contributed by atoms with Gasteiger partial charge in [-0.15, -0.1) is 0 Å². The van der Waals surface area contributed by atoms with Gasteiger partial charge in [-0.25, -0.2) is 0 Å². The molecule has 0 aromatic rings. The van der Waals surface area contributed by atoms with Crippen molar-refractivity contribution in [1.29, 1.82) is 0 Å². The predicted octanol–water partition coefficient (Wildman–Crippen LogP) is 3.55. The SMILES string of the molecule is CC1CCCCC1(CN)N1CC2(CCCCCC2)C1. The van der Waals surface area contributed by atoms with Crippen molar-refractivity contribution in [3.8, 4) is 0 Å². The third-order valence-corrected chi connectivity index (χ3v) is 6.61. The molecule has 3 aliphatic rings. The Kier molecular flexibility index (Phi) is 3.92. The molecule has 19 heavy (non-hydrogen) atoms. The highest BCUT2D eigenvalue weighted by Crippen LogP contribution is 2.49. The Labute approximate surface area is 119 Å². The summed E-state index contributed by atoms with van der Waals surface area (Å²) in [6.45, 7) is 6.04. The number of nitrogens with zero attached hydrogens (tertiary/aromatic N) is 1. The molecule has 0 bridgehead atoms. The van der Waals surface area contributed by atoms with Crippen molar-refractivity contribution in [2.75, 3.05) is 19.6 Å². The number of likely N-dealkylation sites (tertiary alicyclic amines) is 1. The topological polar surface area (TPSA) is 29.3 Å². The van der Waals surface area contributed by atoms with Gasteiger partial charge in [0.15, 0.2) is 0 Å². The Morgan fingerprint density at radius 3 is 2.16 bits per heavy atom. The molecule has 2 heteroatoms. The third-order valence-electron chi connectivity index (χ3n) is 6.61. The lowest BCUT2D eigenvalue weighted by Crippen LogP contribution is -2.70. The molecule has 1 spiro atoms. The fraction of sp³-hybridized carbons (Fsp3) is 1.00. The minimum Gasteiger partial charge on any atom is -0.329 e. The minimum absolute atomic E-state index is 0.357. The average molecular weight is 264 g/mol. The molecule has 2 nitrogen and oxygen atoms in total. The normalized spacial score (nSPS) is 39.8. The van der Waals surface area contributed by atoms with Crippen molar-refractivity contribution >= 4 is 0 Å². The molecule has 0 aromatic heterocycles. The van der Waals surface area contributed by atoms with Crippen molar-refractivity contribution in [3.05, 3.63) is 0 Å². The van der Waals surface area contributed by atoms with Crippen molar-refractivity contribution in [2.24, 2.45) is 17.1 Å². The van der Waals surface area contributed by atoms with E-state index in [1.165, 1.54) is 77.3 Å². The molecule has 0 aromatic carbocycles. The number of rotatable bonds is 2. The monoisotopic (exact) mass is 264 g/mol. The Morgan fingerprint density at radius 1 is 0.947 bits per heavy atom. The molecular weight excluding hydrogens is 232 g/mol. The number of hydrogen-bond donors (Lipinski definition) is 1. The van der Waals surface area contributed by atoms with E-state index in [1.807, 2.05) is 0 Å². The molecule has 2 N–H and O–H groups in total. The molecule has 0 radical (unpaired) electrons. The highest BCUT2D eigenvalue weighted by atomic mass is 15.3. The van der Waals surface area contributed by atoms with E-state index in [4.69, 9.17) is 5.73 Å². The van der Waals surface area contributed by atoms with Crippen LogP contribution in [0.25, 0.3) is 0 Å². The molecule has 3 fully saturated rings. The summed E-state index contributed by atoms with van der Waals surface area (Å²) < 4.78 is 0. The van der Waals surface area contributed by atoms with Crippen molar-refractivity contribution in [2.45, 2.75) is 76.7 Å². The van der Waals surface area contributed by atoms with E-state index in [0.29, 0.717) is 11.0 Å². The van der Waals surface area contributed by atoms with E-state index in [0.717, 1.165) is 12.5 Å². The standard InChI is InChI=1S/C17H32N2/c1-15-8-4-7-11-17(15,12-18)19-13-16(14-19)9-5-2-3-6-10-16/h15H,2-14,18H2,1H3. The first-order chi connectivity index (χ1) is 9.21. The summed E-state index contributed by atoms with van der Waals surface area (Å²) in [7, 11) is 0. The zero-order valence-corrected chi connectivity index (χ0v) is 12.8. The zero-order chi connectivity index (χ0) is 13.3. The maximum Gasteiger partial charge on any atom is 0.0357 e. The van der Waals surface area contributed by atoms with Gasteiger partial charge in [0.2, 0.25) is 0 Å². The van der Waals surface area contributed by atoms with Crippen LogP contribution < -0.4 is 5.73 Å². The summed E-state index contributed by atoms with van der Waals surface area (Å²) in [6.07, 6.45) is 14.4. The largest absolute Gasteiger partial charge is 0.329 e. The summed E-state index contributed by atoms with van der Waals surface area (Å²) in [5.41, 5.74) is 7.29. The van der Waals surface area contributed by atoms with Gasteiger partial charge in [-0.1, -0.05) is 45.4 Å². The van der Waals surface area contributed by atoms with E-state index >= 15 is 0 Å². The van der Waals surface area contributed by atoms with Crippen LogP contribution in [0.2, 0.25) is 0 Å². The lowest BCUT2D eigenvalue weighted by Gasteiger charge is -2.61. The van der Waals surface area contributed by atoms with Crippen LogP contribution in [0.4, 0.5) is 0 Å². The second kappa shape index (κ2) is 5.37. The summed E-state index contributed by atoms with van der Waals surface area (Å²) in [6, 6.07) is 0. The molecule has 110 valence electrons. The molecule has 1 aliphatic heterocycles. The van der Waals surface area contributed by atoms with Crippen LogP contribution in [-0.4, -0.2) is 30.1 Å². The van der Waals surface area contributed by atoms with Crippen LogP contribution in [0.3, 0.4) is 0 Å². The fourth-order valence-electron chi connectivity index (χ4n) is 5.17. The van der Waals surface area contributed by atoms with Crippen LogP contribution in [-0.2, 0) is 0 Å². The minimum atomic E-state index is 0.357. The van der Waals surface area contributed by atoms with Crippen molar-refractivity contribution < 1.29 is 0 Å². The average Bonchev–Trinajstić information content (AvgIpc) is 2.64. The van der Waals surface area contributed by atoms with Gasteiger partial charge >= 0.3 is 0 Å².